The van der Waals surface area contributed by atoms with Crippen molar-refractivity contribution in [3.63, 3.8) is 0 Å². The summed E-state index contributed by atoms with van der Waals surface area (Å²) in [4.78, 5) is 11.3. The molecule has 0 saturated carbocycles. The summed E-state index contributed by atoms with van der Waals surface area (Å²) in [6, 6.07) is 66.7. The largest absolute Gasteiger partial charge is 0.493 e. The van der Waals surface area contributed by atoms with Crippen LogP contribution >= 0.6 is 23.2 Å². The first kappa shape index (κ1) is 85.2. The first-order valence-electron chi connectivity index (χ1n) is 38.4. The zero-order valence-electron chi connectivity index (χ0n) is 65.0. The van der Waals surface area contributed by atoms with E-state index >= 15 is 0 Å². The van der Waals surface area contributed by atoms with Crippen LogP contribution in [-0.4, -0.2) is 98.2 Å². The third kappa shape index (κ3) is 22.0. The van der Waals surface area contributed by atoms with Gasteiger partial charge in [-0.25, -0.2) is 22.9 Å². The monoisotopic (exact) mass is 1590 g/mol. The van der Waals surface area contributed by atoms with Crippen LogP contribution in [0, 0.1) is 36.5 Å². The Kier molecular flexibility index (Phi) is 30.3. The van der Waals surface area contributed by atoms with Gasteiger partial charge in [-0.2, -0.15) is 13.2 Å². The minimum atomic E-state index is -4.33. The number of benzene rings is 10. The highest BCUT2D eigenvalue weighted by atomic mass is 35.5. The molecule has 0 aromatic heterocycles. The molecule has 10 aromatic carbocycles. The maximum Gasteiger partial charge on any atom is 0.416 e. The second kappa shape index (κ2) is 40.5. The number of fused-ring (bicyclic) bond motifs is 4. The number of rotatable bonds is 22. The van der Waals surface area contributed by atoms with Gasteiger partial charge in [0.1, 0.15) is 46.3 Å². The lowest BCUT2D eigenvalue weighted by molar-refractivity contribution is -0.137. The molecule has 0 radical (unpaired) electrons. The van der Waals surface area contributed by atoms with Gasteiger partial charge in [0, 0.05) is 36.9 Å². The van der Waals surface area contributed by atoms with E-state index in [0.29, 0.717) is 70.8 Å². The molecule has 0 bridgehead atoms. The van der Waals surface area contributed by atoms with Gasteiger partial charge in [0.15, 0.2) is 22.9 Å². The fraction of sp³-hybridized carbons (Fsp3) is 0.333. The molecule has 3 N–H and O–H groups in total. The van der Waals surface area contributed by atoms with E-state index in [1.165, 1.54) is 70.8 Å². The van der Waals surface area contributed by atoms with Crippen LogP contribution in [0.3, 0.4) is 0 Å². The summed E-state index contributed by atoms with van der Waals surface area (Å²) in [5.41, 5.74) is 11.9. The number of nitrogens with zero attached hydrogens (tertiary/aromatic N) is 4. The second-order valence-electron chi connectivity index (χ2n) is 29.4. The molecule has 13 nitrogen and oxygen atoms in total. The smallest absolute Gasteiger partial charge is 0.416 e. The summed E-state index contributed by atoms with van der Waals surface area (Å²) in [5, 5.41) is 11.1. The topological polar surface area (TPSA) is 107 Å². The predicted octanol–water partition coefficient (Wildman–Crippen LogP) is 21.9. The van der Waals surface area contributed by atoms with Crippen LogP contribution in [0.25, 0.3) is 9.69 Å². The van der Waals surface area contributed by atoms with Gasteiger partial charge >= 0.3 is 6.18 Å². The van der Waals surface area contributed by atoms with E-state index in [2.05, 4.69) is 94.0 Å². The third-order valence-corrected chi connectivity index (χ3v) is 22.1. The van der Waals surface area contributed by atoms with E-state index in [1.807, 2.05) is 148 Å². The van der Waals surface area contributed by atoms with Crippen LogP contribution in [0.1, 0.15) is 142 Å². The maximum atomic E-state index is 13.4. The Morgan fingerprint density at radius 3 is 1.67 bits per heavy atom. The van der Waals surface area contributed by atoms with E-state index in [9.17, 15) is 26.3 Å². The second-order valence-corrected chi connectivity index (χ2v) is 30.2. The van der Waals surface area contributed by atoms with Gasteiger partial charge in [-0.1, -0.05) is 157 Å². The van der Waals surface area contributed by atoms with Crippen LogP contribution in [0.2, 0.25) is 10.0 Å². The van der Waals surface area contributed by atoms with Crippen LogP contribution in [-0.2, 0) is 40.1 Å². The van der Waals surface area contributed by atoms with Crippen molar-refractivity contribution < 1.29 is 54.8 Å². The van der Waals surface area contributed by atoms with E-state index in [1.54, 1.807) is 0 Å². The molecule has 1 aliphatic carbocycles. The number of ether oxygens (including phenoxy) is 6. The number of halogens is 8. The van der Waals surface area contributed by atoms with Crippen molar-refractivity contribution in [3.05, 3.63) is 342 Å². The van der Waals surface area contributed by atoms with Crippen molar-refractivity contribution in [1.29, 1.82) is 0 Å². The van der Waals surface area contributed by atoms with Gasteiger partial charge in [-0.05, 0) is 265 Å². The predicted molar refractivity (Wildman–Crippen MR) is 439 cm³/mol. The van der Waals surface area contributed by atoms with Crippen LogP contribution in [0.5, 0.6) is 23.0 Å². The molecule has 10 aromatic rings. The maximum absolute atomic E-state index is 13.4. The fourth-order valence-corrected chi connectivity index (χ4v) is 15.8. The Balaban J connectivity index is 0.000000141. The average molecular weight is 1590 g/mol. The van der Waals surface area contributed by atoms with E-state index in [4.69, 9.17) is 64.8 Å². The minimum absolute atomic E-state index is 0.194. The number of hydrogen-bond donors (Lipinski definition) is 3. The molecule has 0 spiro atoms. The SMILES string of the molecule is CNCCC(Oc1ccc(C(F)(F)F)cc1)c1ccccc1.CN[C@H]1CC[C@@H](c2ccc(Cl)c(Cl)c2)c2ccccc21.Fc1ccc([C@@H]2CCNCC2COc2ccc3c(c2)OCO3)cc1.[C-]#[N+]c1ccc2c(c1)COC2(CCCN(C)C)c1ccc(F)cc1.[C-]#[N+]c1ccc2c(c1)CO[C@@]2(CCCN(C)C)c1ccc(F)cc1. The highest BCUT2D eigenvalue weighted by Gasteiger charge is 2.43. The Labute approximate surface area is 676 Å². The normalized spacial score (nSPS) is 19.1. The highest BCUT2D eigenvalue weighted by molar-refractivity contribution is 6.42. The molecule has 21 heteroatoms. The van der Waals surface area contributed by atoms with Gasteiger partial charge in [0.2, 0.25) is 6.79 Å². The highest BCUT2D eigenvalue weighted by Crippen LogP contribution is 2.49. The zero-order valence-corrected chi connectivity index (χ0v) is 66.5. The summed E-state index contributed by atoms with van der Waals surface area (Å²) in [6.45, 7) is 20.8. The summed E-state index contributed by atoms with van der Waals surface area (Å²) >= 11 is 12.2. The van der Waals surface area contributed by atoms with Gasteiger partial charge in [0.25, 0.3) is 0 Å². The summed E-state index contributed by atoms with van der Waals surface area (Å²) < 4.78 is 113. The first-order chi connectivity index (χ1) is 55.1. The molecular formula is C93H97Cl2F6N7O6. The molecule has 7 atom stereocenters. The minimum Gasteiger partial charge on any atom is -0.493 e. The molecule has 3 unspecified atom stereocenters. The Bertz CT molecular complexity index is 4710. The number of hydrogen-bond acceptors (Lipinski definition) is 11. The lowest BCUT2D eigenvalue weighted by Crippen LogP contribution is -2.38. The van der Waals surface area contributed by atoms with Gasteiger partial charge in [0.05, 0.1) is 48.6 Å². The molecule has 5 aliphatic rings. The van der Waals surface area contributed by atoms with Crippen molar-refractivity contribution in [2.75, 3.05) is 88.4 Å². The molecule has 0 amide bonds. The van der Waals surface area contributed by atoms with E-state index < -0.39 is 22.9 Å². The van der Waals surface area contributed by atoms with Gasteiger partial charge < -0.3 is 54.2 Å². The number of piperidine rings is 1. The lowest BCUT2D eigenvalue weighted by atomic mass is 9.77. The molecule has 1 fully saturated rings. The Morgan fingerprint density at radius 2 is 1.12 bits per heavy atom. The van der Waals surface area contributed by atoms with Crippen LogP contribution < -0.4 is 34.9 Å². The van der Waals surface area contributed by atoms with Gasteiger partial charge in [-0.3, -0.25) is 0 Å². The quantitative estimate of drug-likeness (QED) is 0.0446. The van der Waals surface area contributed by atoms with Crippen molar-refractivity contribution in [2.45, 2.75) is 106 Å². The van der Waals surface area contributed by atoms with E-state index in [-0.39, 0.29) is 30.3 Å². The fourth-order valence-electron chi connectivity index (χ4n) is 15.5. The molecule has 4 aliphatic heterocycles. The third-order valence-electron chi connectivity index (χ3n) is 21.3. The molecular weight excluding hydrogens is 1500 g/mol. The van der Waals surface area contributed by atoms with Crippen molar-refractivity contribution in [1.82, 2.24) is 25.8 Å². The number of alkyl halides is 3. The first-order valence-corrected chi connectivity index (χ1v) is 39.2. The molecule has 4 heterocycles. The summed E-state index contributed by atoms with van der Waals surface area (Å²) in [5.74, 6) is 3.13. The van der Waals surface area contributed by atoms with Crippen LogP contribution in [0.4, 0.5) is 37.7 Å². The number of nitrogens with one attached hydrogen (secondary N) is 3. The zero-order chi connectivity index (χ0) is 80.8. The molecule has 596 valence electrons. The molecule has 114 heavy (non-hydrogen) atoms. The van der Waals surface area contributed by atoms with Crippen molar-refractivity contribution in [2.24, 2.45) is 5.92 Å². The molecule has 1 saturated heterocycles. The van der Waals surface area contributed by atoms with Crippen molar-refractivity contribution >= 4 is 34.6 Å². The standard InChI is InChI=1S/2C20H21FN2O.C19H20FNO3.C17H17Cl2N.C17H18F3NO/c2*1-22-18-9-10-19-15(13-18)14-24-20(19,11-4-12-23(2)3)16-5-7-17(21)8-6-16;20-15-3-1-13(2-4-15)17-7-8-21-10-14(17)11-22-16-5-6-18-19(9-16)24-12-23-18;1-20-17-9-7-12(13-4-2-3-5-14(13)17)11-6-8-15(18)16(19)10-11;1-21-12-11-16(13-5-3-2-4-6-13)22-15-9-7-14(8-10-15)17(18,19)20/h2*5-10,13H,4,11-12,14H2,2-3H3;1-6,9,14,17,21H,7-8,10-12H2;2-6,8,10,12,17,20H,7,9H2,1H3;2-10,16,21H,11-12H2,1H3/t20-;;14?,17-;12-,17-;/m0.00./s1. The average Bonchev–Trinajstić information content (AvgIpc) is 1.60. The Morgan fingerprint density at radius 1 is 0.579 bits per heavy atom. The van der Waals surface area contributed by atoms with E-state index in [0.717, 1.165) is 152 Å². The molecule has 15 rings (SSSR count). The van der Waals surface area contributed by atoms with Crippen molar-refractivity contribution in [3.8, 4) is 23.0 Å². The summed E-state index contributed by atoms with van der Waals surface area (Å²) in [6.07, 6.45) is 3.06. The van der Waals surface area contributed by atoms with Crippen LogP contribution in [0.15, 0.2) is 224 Å². The summed E-state index contributed by atoms with van der Waals surface area (Å²) in [7, 11) is 12.1. The van der Waals surface area contributed by atoms with Gasteiger partial charge in [-0.15, -0.1) is 0 Å². The lowest BCUT2D eigenvalue weighted by Gasteiger charge is -2.32. The Hall–Kier alpha value is -9.74.